The van der Waals surface area contributed by atoms with Crippen LogP contribution in [0.2, 0.25) is 0 Å². The summed E-state index contributed by atoms with van der Waals surface area (Å²) in [5, 5.41) is 11.2. The lowest BCUT2D eigenvalue weighted by molar-refractivity contribution is -0.0893. The van der Waals surface area contributed by atoms with Gasteiger partial charge in [-0.3, -0.25) is 4.98 Å². The average Bonchev–Trinajstić information content (AvgIpc) is 2.59. The number of rotatable bonds is 5. The molecule has 2 aromatic heterocycles. The van der Waals surface area contributed by atoms with Crippen LogP contribution in [0.25, 0.3) is 22.3 Å². The van der Waals surface area contributed by atoms with Gasteiger partial charge in [0.1, 0.15) is 0 Å². The van der Waals surface area contributed by atoms with Gasteiger partial charge < -0.3 is 9.76 Å². The summed E-state index contributed by atoms with van der Waals surface area (Å²) in [4.78, 5) is 9.06. The van der Waals surface area contributed by atoms with E-state index in [-0.39, 0.29) is 0 Å². The molecule has 3 aromatic rings. The van der Waals surface area contributed by atoms with E-state index in [1.54, 1.807) is 27.5 Å². The first-order valence-electron chi connectivity index (χ1n) is 8.32. The summed E-state index contributed by atoms with van der Waals surface area (Å²) in [5.74, 6) is 0. The second kappa shape index (κ2) is 6.58. The van der Waals surface area contributed by atoms with E-state index in [1.165, 1.54) is 0 Å². The summed E-state index contributed by atoms with van der Waals surface area (Å²) in [5.41, 5.74) is 1.80. The molecule has 5 heteroatoms. The molecule has 0 fully saturated rings. The molecule has 2 heterocycles. The van der Waals surface area contributed by atoms with Gasteiger partial charge in [-0.15, -0.1) is 0 Å². The standard InChI is InChI=1S/C20H22BN2O2/c1-19(2,24)20(3,4)25-21-15-10-8-14-9-11-17(23-18(14)13-15)16-7-5-6-12-22-16/h5-13,24H,1-4H3. The molecule has 0 unspecified atom stereocenters. The van der Waals surface area contributed by atoms with Gasteiger partial charge in [-0.05, 0) is 52.0 Å². The zero-order chi connectivity index (χ0) is 18.1. The fraction of sp³-hybridized carbons (Fsp3) is 0.300. The molecule has 0 amide bonds. The van der Waals surface area contributed by atoms with Crippen molar-refractivity contribution in [3.8, 4) is 11.4 Å². The molecule has 0 saturated heterocycles. The van der Waals surface area contributed by atoms with Crippen LogP contribution in [-0.2, 0) is 4.65 Å². The number of hydrogen-bond acceptors (Lipinski definition) is 4. The number of nitrogens with zero attached hydrogens (tertiary/aromatic N) is 2. The quantitative estimate of drug-likeness (QED) is 0.729. The Bertz CT molecular complexity index is 874. The number of benzene rings is 1. The van der Waals surface area contributed by atoms with Crippen LogP contribution in [0.15, 0.2) is 54.7 Å². The molecule has 0 saturated carbocycles. The van der Waals surface area contributed by atoms with Crippen molar-refractivity contribution in [2.24, 2.45) is 0 Å². The molecule has 0 aliphatic heterocycles. The molecule has 1 radical (unpaired) electrons. The van der Waals surface area contributed by atoms with Crippen molar-refractivity contribution in [2.75, 3.05) is 0 Å². The smallest absolute Gasteiger partial charge is 0.330 e. The maximum Gasteiger partial charge on any atom is 0.330 e. The first-order valence-corrected chi connectivity index (χ1v) is 8.32. The SMILES string of the molecule is CC(C)(O)C(C)(C)O[B]c1ccc2ccc(-c3ccccn3)nc2c1. The predicted octanol–water partition coefficient (Wildman–Crippen LogP) is 3.11. The third-order valence-corrected chi connectivity index (χ3v) is 4.61. The number of hydrogen-bond donors (Lipinski definition) is 1. The van der Waals surface area contributed by atoms with Crippen LogP contribution in [0, 0.1) is 0 Å². The van der Waals surface area contributed by atoms with Crippen LogP contribution in [0.5, 0.6) is 0 Å². The van der Waals surface area contributed by atoms with E-state index in [1.807, 2.05) is 62.4 Å². The number of pyridine rings is 2. The van der Waals surface area contributed by atoms with E-state index in [0.717, 1.165) is 27.8 Å². The lowest BCUT2D eigenvalue weighted by Crippen LogP contribution is -2.49. The molecular formula is C20H22BN2O2. The van der Waals surface area contributed by atoms with E-state index in [9.17, 15) is 5.11 Å². The number of fused-ring (bicyclic) bond motifs is 1. The molecule has 25 heavy (non-hydrogen) atoms. The Morgan fingerprint density at radius 3 is 2.40 bits per heavy atom. The molecular weight excluding hydrogens is 311 g/mol. The molecule has 3 rings (SSSR count). The Kier molecular flexibility index (Phi) is 4.63. The Morgan fingerprint density at radius 1 is 0.960 bits per heavy atom. The van der Waals surface area contributed by atoms with Crippen LogP contribution < -0.4 is 5.46 Å². The highest BCUT2D eigenvalue weighted by Crippen LogP contribution is 2.24. The molecule has 1 N–H and O–H groups in total. The van der Waals surface area contributed by atoms with Gasteiger partial charge in [0.25, 0.3) is 0 Å². The summed E-state index contributed by atoms with van der Waals surface area (Å²) in [6.45, 7) is 7.20. The normalized spacial score (nSPS) is 12.4. The third-order valence-electron chi connectivity index (χ3n) is 4.61. The monoisotopic (exact) mass is 333 g/mol. The first kappa shape index (κ1) is 17.6. The van der Waals surface area contributed by atoms with Crippen molar-refractivity contribution in [2.45, 2.75) is 38.9 Å². The third kappa shape index (κ3) is 3.89. The minimum Gasteiger partial charge on any atom is -0.427 e. The highest BCUT2D eigenvalue weighted by atomic mass is 16.5. The maximum absolute atomic E-state index is 10.2. The van der Waals surface area contributed by atoms with Crippen molar-refractivity contribution < 1.29 is 9.76 Å². The Morgan fingerprint density at radius 2 is 1.72 bits per heavy atom. The van der Waals surface area contributed by atoms with Crippen molar-refractivity contribution in [1.82, 2.24) is 9.97 Å². The molecule has 0 aliphatic rings. The zero-order valence-electron chi connectivity index (χ0n) is 15.0. The van der Waals surface area contributed by atoms with Crippen molar-refractivity contribution in [3.05, 3.63) is 54.7 Å². The first-order chi connectivity index (χ1) is 11.8. The number of aliphatic hydroxyl groups is 1. The van der Waals surface area contributed by atoms with E-state index in [2.05, 4.69) is 4.98 Å². The summed E-state index contributed by atoms with van der Waals surface area (Å²) in [7, 11) is 1.67. The van der Waals surface area contributed by atoms with Crippen LogP contribution in [0.3, 0.4) is 0 Å². The summed E-state index contributed by atoms with van der Waals surface area (Å²) >= 11 is 0. The van der Waals surface area contributed by atoms with Crippen LogP contribution in [-0.4, -0.2) is 33.8 Å². The minimum absolute atomic E-state index is 0.703. The number of aromatic nitrogens is 2. The highest BCUT2D eigenvalue weighted by Gasteiger charge is 2.35. The molecule has 0 bridgehead atoms. The highest BCUT2D eigenvalue weighted by molar-refractivity contribution is 6.47. The predicted molar refractivity (Wildman–Crippen MR) is 102 cm³/mol. The second-order valence-electron chi connectivity index (χ2n) is 7.17. The van der Waals surface area contributed by atoms with E-state index in [0.29, 0.717) is 0 Å². The molecule has 0 spiro atoms. The van der Waals surface area contributed by atoms with E-state index >= 15 is 0 Å². The Labute approximate surface area is 149 Å². The van der Waals surface area contributed by atoms with Crippen molar-refractivity contribution in [1.29, 1.82) is 0 Å². The molecule has 0 aliphatic carbocycles. The minimum atomic E-state index is -0.954. The van der Waals surface area contributed by atoms with Crippen molar-refractivity contribution >= 4 is 23.8 Å². The van der Waals surface area contributed by atoms with E-state index < -0.39 is 11.2 Å². The second-order valence-corrected chi connectivity index (χ2v) is 7.17. The van der Waals surface area contributed by atoms with Gasteiger partial charge in [0.15, 0.2) is 0 Å². The zero-order valence-corrected chi connectivity index (χ0v) is 15.0. The maximum atomic E-state index is 10.2. The summed E-state index contributed by atoms with van der Waals surface area (Å²) in [6, 6.07) is 15.8. The van der Waals surface area contributed by atoms with Crippen LogP contribution in [0.4, 0.5) is 0 Å². The molecule has 0 atom stereocenters. The van der Waals surface area contributed by atoms with Gasteiger partial charge in [-0.25, -0.2) is 4.98 Å². The molecule has 127 valence electrons. The average molecular weight is 333 g/mol. The molecule has 4 nitrogen and oxygen atoms in total. The fourth-order valence-corrected chi connectivity index (χ4v) is 2.22. The van der Waals surface area contributed by atoms with E-state index in [4.69, 9.17) is 9.64 Å². The van der Waals surface area contributed by atoms with Gasteiger partial charge in [-0.2, -0.15) is 0 Å². The topological polar surface area (TPSA) is 55.2 Å². The van der Waals surface area contributed by atoms with Gasteiger partial charge in [0.05, 0.1) is 28.1 Å². The molecule has 1 aromatic carbocycles. The van der Waals surface area contributed by atoms with Crippen LogP contribution >= 0.6 is 0 Å². The lowest BCUT2D eigenvalue weighted by Gasteiger charge is -2.37. The fourth-order valence-electron chi connectivity index (χ4n) is 2.22. The summed E-state index contributed by atoms with van der Waals surface area (Å²) < 4.78 is 5.83. The summed E-state index contributed by atoms with van der Waals surface area (Å²) in [6.07, 6.45) is 1.76. The lowest BCUT2D eigenvalue weighted by atomic mass is 9.82. The van der Waals surface area contributed by atoms with Gasteiger partial charge in [-0.1, -0.05) is 29.7 Å². The Hall–Kier alpha value is -2.24. The van der Waals surface area contributed by atoms with Crippen molar-refractivity contribution in [3.63, 3.8) is 0 Å². The Balaban J connectivity index is 1.86. The largest absolute Gasteiger partial charge is 0.427 e. The van der Waals surface area contributed by atoms with Gasteiger partial charge in [0, 0.05) is 11.6 Å². The van der Waals surface area contributed by atoms with Crippen LogP contribution in [0.1, 0.15) is 27.7 Å². The van der Waals surface area contributed by atoms with Gasteiger partial charge in [0.2, 0.25) is 0 Å². The van der Waals surface area contributed by atoms with Gasteiger partial charge >= 0.3 is 7.48 Å².